The summed E-state index contributed by atoms with van der Waals surface area (Å²) < 4.78 is 0. The van der Waals surface area contributed by atoms with Crippen molar-refractivity contribution in [3.8, 4) is 0 Å². The highest BCUT2D eigenvalue weighted by Crippen LogP contribution is 2.22. The van der Waals surface area contributed by atoms with Gasteiger partial charge in [-0.05, 0) is 56.8 Å². The summed E-state index contributed by atoms with van der Waals surface area (Å²) in [5.41, 5.74) is 1.50. The van der Waals surface area contributed by atoms with Crippen molar-refractivity contribution in [2.45, 2.75) is 38.1 Å². The molecule has 1 aromatic rings. The molecule has 0 spiro atoms. The molecule has 0 aromatic heterocycles. The van der Waals surface area contributed by atoms with Gasteiger partial charge in [-0.1, -0.05) is 36.8 Å². The predicted molar refractivity (Wildman–Crippen MR) is 80.3 cm³/mol. The average molecular weight is 258 g/mol. The highest BCUT2D eigenvalue weighted by Gasteiger charge is 2.28. The zero-order valence-corrected chi connectivity index (χ0v) is 11.9. The Kier molecular flexibility index (Phi) is 4.52. The summed E-state index contributed by atoms with van der Waals surface area (Å²) in [4.78, 5) is 2.67. The van der Waals surface area contributed by atoms with E-state index in [9.17, 15) is 0 Å². The van der Waals surface area contributed by atoms with E-state index in [0.717, 1.165) is 5.92 Å². The molecule has 0 unspecified atom stereocenters. The first-order valence-electron chi connectivity index (χ1n) is 7.91. The van der Waals surface area contributed by atoms with Gasteiger partial charge in [-0.3, -0.25) is 0 Å². The van der Waals surface area contributed by atoms with Crippen molar-refractivity contribution in [2.24, 2.45) is 5.92 Å². The molecule has 104 valence electrons. The predicted octanol–water partition coefficient (Wildman–Crippen LogP) is 2.69. The second kappa shape index (κ2) is 6.53. The van der Waals surface area contributed by atoms with Gasteiger partial charge in [0.05, 0.1) is 0 Å². The van der Waals surface area contributed by atoms with Crippen LogP contribution in [0, 0.1) is 5.92 Å². The van der Waals surface area contributed by atoms with Crippen LogP contribution in [0.15, 0.2) is 30.3 Å². The molecule has 2 fully saturated rings. The van der Waals surface area contributed by atoms with E-state index in [4.69, 9.17) is 0 Å². The summed E-state index contributed by atoms with van der Waals surface area (Å²) in [6.45, 7) is 5.10. The van der Waals surface area contributed by atoms with Gasteiger partial charge in [0.15, 0.2) is 0 Å². The smallest absolute Gasteiger partial charge is 0.0226 e. The first kappa shape index (κ1) is 13.1. The third-order valence-corrected chi connectivity index (χ3v) is 4.73. The number of likely N-dealkylation sites (tertiary alicyclic amines) is 1. The van der Waals surface area contributed by atoms with Crippen LogP contribution in [0.1, 0.15) is 31.2 Å². The normalized spacial score (nSPS) is 28.6. The number of nitrogens with one attached hydrogen (secondary N) is 1. The Hall–Kier alpha value is -0.860. The maximum Gasteiger partial charge on any atom is 0.0226 e. The fraction of sp³-hybridized carbons (Fsp3) is 0.647. The van der Waals surface area contributed by atoms with Crippen molar-refractivity contribution in [1.29, 1.82) is 0 Å². The van der Waals surface area contributed by atoms with E-state index < -0.39 is 0 Å². The summed E-state index contributed by atoms with van der Waals surface area (Å²) in [5.74, 6) is 0.823. The highest BCUT2D eigenvalue weighted by atomic mass is 15.2. The van der Waals surface area contributed by atoms with E-state index in [-0.39, 0.29) is 0 Å². The van der Waals surface area contributed by atoms with Crippen molar-refractivity contribution >= 4 is 0 Å². The molecule has 1 aromatic carbocycles. The van der Waals surface area contributed by atoms with Gasteiger partial charge in [0.1, 0.15) is 0 Å². The molecule has 2 atom stereocenters. The zero-order chi connectivity index (χ0) is 12.9. The van der Waals surface area contributed by atoms with E-state index in [1.54, 1.807) is 0 Å². The van der Waals surface area contributed by atoms with E-state index in [2.05, 4.69) is 40.5 Å². The molecule has 0 bridgehead atoms. The number of hydrogen-bond acceptors (Lipinski definition) is 2. The molecule has 2 aliphatic heterocycles. The average Bonchev–Trinajstić information content (AvgIpc) is 2.88. The van der Waals surface area contributed by atoms with Gasteiger partial charge in [0.2, 0.25) is 0 Å². The molecule has 0 saturated carbocycles. The van der Waals surface area contributed by atoms with Crippen LogP contribution in [0.25, 0.3) is 0 Å². The first-order valence-corrected chi connectivity index (χ1v) is 7.91. The van der Waals surface area contributed by atoms with Crippen LogP contribution in [-0.4, -0.2) is 37.1 Å². The van der Waals surface area contributed by atoms with Crippen molar-refractivity contribution in [3.63, 3.8) is 0 Å². The molecule has 2 nitrogen and oxygen atoms in total. The van der Waals surface area contributed by atoms with Gasteiger partial charge < -0.3 is 10.2 Å². The maximum absolute atomic E-state index is 3.73. The third-order valence-electron chi connectivity index (χ3n) is 4.73. The SMILES string of the molecule is c1ccc(C[C@@H]2CCN[C@@H]2CN2CCCCC2)cc1. The Morgan fingerprint density at radius 2 is 1.84 bits per heavy atom. The highest BCUT2D eigenvalue weighted by molar-refractivity contribution is 5.16. The zero-order valence-electron chi connectivity index (χ0n) is 11.9. The van der Waals surface area contributed by atoms with Crippen molar-refractivity contribution in [3.05, 3.63) is 35.9 Å². The Labute approximate surface area is 117 Å². The minimum atomic E-state index is 0.707. The molecule has 2 heteroatoms. The molecular weight excluding hydrogens is 232 g/mol. The fourth-order valence-electron chi connectivity index (χ4n) is 3.62. The molecular formula is C17H26N2. The summed E-state index contributed by atoms with van der Waals surface area (Å²) in [6.07, 6.45) is 6.81. The summed E-state index contributed by atoms with van der Waals surface area (Å²) in [6, 6.07) is 11.7. The van der Waals surface area contributed by atoms with Crippen LogP contribution in [0.2, 0.25) is 0 Å². The summed E-state index contributed by atoms with van der Waals surface area (Å²) in [5, 5.41) is 3.73. The van der Waals surface area contributed by atoms with Crippen LogP contribution in [-0.2, 0) is 6.42 Å². The van der Waals surface area contributed by atoms with Crippen LogP contribution in [0.5, 0.6) is 0 Å². The van der Waals surface area contributed by atoms with E-state index >= 15 is 0 Å². The molecule has 2 heterocycles. The van der Waals surface area contributed by atoms with Gasteiger partial charge in [0, 0.05) is 12.6 Å². The minimum Gasteiger partial charge on any atom is -0.312 e. The minimum absolute atomic E-state index is 0.707. The second-order valence-corrected chi connectivity index (χ2v) is 6.16. The van der Waals surface area contributed by atoms with Gasteiger partial charge >= 0.3 is 0 Å². The van der Waals surface area contributed by atoms with Crippen molar-refractivity contribution in [1.82, 2.24) is 10.2 Å². The third kappa shape index (κ3) is 3.58. The van der Waals surface area contributed by atoms with Crippen LogP contribution >= 0.6 is 0 Å². The second-order valence-electron chi connectivity index (χ2n) is 6.16. The summed E-state index contributed by atoms with van der Waals surface area (Å²) >= 11 is 0. The molecule has 19 heavy (non-hydrogen) atoms. The Bertz CT molecular complexity index is 370. The van der Waals surface area contributed by atoms with Crippen LogP contribution < -0.4 is 5.32 Å². The van der Waals surface area contributed by atoms with E-state index in [1.165, 1.54) is 63.8 Å². The molecule has 1 N–H and O–H groups in total. The van der Waals surface area contributed by atoms with Crippen molar-refractivity contribution in [2.75, 3.05) is 26.2 Å². The topological polar surface area (TPSA) is 15.3 Å². The number of hydrogen-bond donors (Lipinski definition) is 1. The molecule has 0 aliphatic carbocycles. The van der Waals surface area contributed by atoms with Crippen LogP contribution in [0.4, 0.5) is 0 Å². The first-order chi connectivity index (χ1) is 9.42. The lowest BCUT2D eigenvalue weighted by Crippen LogP contribution is -2.43. The van der Waals surface area contributed by atoms with E-state index in [1.807, 2.05) is 0 Å². The molecule has 2 aliphatic rings. The monoisotopic (exact) mass is 258 g/mol. The Morgan fingerprint density at radius 3 is 2.63 bits per heavy atom. The fourth-order valence-corrected chi connectivity index (χ4v) is 3.62. The van der Waals surface area contributed by atoms with E-state index in [0.29, 0.717) is 6.04 Å². The number of benzene rings is 1. The lowest BCUT2D eigenvalue weighted by molar-refractivity contribution is 0.196. The largest absolute Gasteiger partial charge is 0.312 e. The van der Waals surface area contributed by atoms with Crippen LogP contribution in [0.3, 0.4) is 0 Å². The molecule has 3 rings (SSSR count). The molecule has 0 radical (unpaired) electrons. The number of piperidine rings is 1. The molecule has 2 saturated heterocycles. The molecule has 0 amide bonds. The van der Waals surface area contributed by atoms with Gasteiger partial charge in [-0.2, -0.15) is 0 Å². The van der Waals surface area contributed by atoms with Crippen molar-refractivity contribution < 1.29 is 0 Å². The van der Waals surface area contributed by atoms with Gasteiger partial charge in [-0.25, -0.2) is 0 Å². The quantitative estimate of drug-likeness (QED) is 0.893. The summed E-state index contributed by atoms with van der Waals surface area (Å²) in [7, 11) is 0. The maximum atomic E-state index is 3.73. The Morgan fingerprint density at radius 1 is 1.05 bits per heavy atom. The van der Waals surface area contributed by atoms with Gasteiger partial charge in [0.25, 0.3) is 0 Å². The number of nitrogens with zero attached hydrogens (tertiary/aromatic N) is 1. The lowest BCUT2D eigenvalue weighted by atomic mass is 9.92. The number of rotatable bonds is 4. The Balaban J connectivity index is 1.55. The lowest BCUT2D eigenvalue weighted by Gasteiger charge is -2.31. The standard InChI is InChI=1S/C17H26N2/c1-3-7-15(8-4-1)13-16-9-10-18-17(16)14-19-11-5-2-6-12-19/h1,3-4,7-8,16-18H,2,5-6,9-14H2/t16-,17+/m0/s1. The van der Waals surface area contributed by atoms with Gasteiger partial charge in [-0.15, -0.1) is 0 Å².